The van der Waals surface area contributed by atoms with Crippen LogP contribution in [-0.4, -0.2) is 88.5 Å². The van der Waals surface area contributed by atoms with E-state index in [0.717, 1.165) is 41.6 Å². The minimum atomic E-state index is -0.620. The molecule has 1 heterocycles. The van der Waals surface area contributed by atoms with Gasteiger partial charge in [-0.1, -0.05) is 36.4 Å². The second-order valence-corrected chi connectivity index (χ2v) is 15.3. The third-order valence-electron chi connectivity index (χ3n) is 9.52. The number of hydrogen-bond donors (Lipinski definition) is 4. The summed E-state index contributed by atoms with van der Waals surface area (Å²) in [6, 6.07) is 22.6. The number of aromatic amines is 1. The van der Waals surface area contributed by atoms with Crippen LogP contribution in [0.1, 0.15) is 68.8 Å². The molecular formula is C41H52N8O5. The molecule has 4 N–H and O–H groups in total. The number of amides is 3. The maximum absolute atomic E-state index is 13.9. The first-order chi connectivity index (χ1) is 25.8. The summed E-state index contributed by atoms with van der Waals surface area (Å²) < 4.78 is 5.37. The van der Waals surface area contributed by atoms with Crippen molar-refractivity contribution in [2.75, 3.05) is 39.0 Å². The summed E-state index contributed by atoms with van der Waals surface area (Å²) in [6.45, 7) is 7.28. The first-order valence-corrected chi connectivity index (χ1v) is 18.6. The molecule has 1 atom stereocenters. The Balaban J connectivity index is 1.27. The summed E-state index contributed by atoms with van der Waals surface area (Å²) >= 11 is 0. The van der Waals surface area contributed by atoms with Crippen molar-refractivity contribution in [1.29, 1.82) is 0 Å². The maximum atomic E-state index is 13.9. The molecule has 0 saturated heterocycles. The number of rotatable bonds is 15. The van der Waals surface area contributed by atoms with Crippen LogP contribution in [0.5, 0.6) is 0 Å². The second-order valence-electron chi connectivity index (χ2n) is 15.3. The highest BCUT2D eigenvalue weighted by molar-refractivity contribution is 5.97. The molecule has 1 aliphatic rings. The van der Waals surface area contributed by atoms with E-state index in [1.807, 2.05) is 82.2 Å². The van der Waals surface area contributed by atoms with Gasteiger partial charge in [0, 0.05) is 54.7 Å². The van der Waals surface area contributed by atoms with Gasteiger partial charge >= 0.3 is 6.09 Å². The molecule has 0 spiro atoms. The van der Waals surface area contributed by atoms with Crippen molar-refractivity contribution in [2.24, 2.45) is 17.8 Å². The lowest BCUT2D eigenvalue weighted by Gasteiger charge is -2.29. The Morgan fingerprint density at radius 1 is 0.889 bits per heavy atom. The van der Waals surface area contributed by atoms with Gasteiger partial charge in [-0.3, -0.25) is 14.4 Å². The number of likely N-dealkylation sites (N-methyl/N-ethyl adjacent to an activating group) is 1. The fourth-order valence-corrected chi connectivity index (χ4v) is 6.63. The average Bonchev–Trinajstić information content (AvgIpc) is 3.69. The van der Waals surface area contributed by atoms with Gasteiger partial charge in [-0.25, -0.2) is 4.79 Å². The third-order valence-corrected chi connectivity index (χ3v) is 9.52. The van der Waals surface area contributed by atoms with Gasteiger partial charge in [-0.05, 0) is 131 Å². The van der Waals surface area contributed by atoms with Crippen LogP contribution in [-0.2, 0) is 20.7 Å². The molecule has 4 aromatic rings. The summed E-state index contributed by atoms with van der Waals surface area (Å²) in [5.74, 6) is -0.361. The zero-order valence-corrected chi connectivity index (χ0v) is 31.9. The standard InChI is InChI=1S/C41H52N8O5/c1-41(2,3)54-40(53)43-26-27-12-14-29(15-13-27)36(50)25-34(39(52)44-35-18-16-30(17-19-35)37-45-47-48-46-37)23-28-8-6-9-31(22-28)32-10-7-11-33(24-32)38(51)42-20-21-49(4)5/h6-11,16-19,22,24,27,29,34H,12-15,20-21,23,25-26H2,1-5H3,(H,42,51)(H,43,53)(H,44,52)(H,45,46,47,48)/t27?,29?,34-/m1/s1. The van der Waals surface area contributed by atoms with E-state index in [-0.39, 0.29) is 35.9 Å². The molecule has 0 aliphatic heterocycles. The Hall–Kier alpha value is -5.43. The highest BCUT2D eigenvalue weighted by Crippen LogP contribution is 2.32. The zero-order chi connectivity index (χ0) is 38.7. The lowest BCUT2D eigenvalue weighted by Crippen LogP contribution is -2.37. The number of nitrogens with one attached hydrogen (secondary N) is 4. The SMILES string of the molecule is CN(C)CCNC(=O)c1cccc(-c2cccc(C[C@H](CC(=O)C3CCC(CNC(=O)OC(C)(C)C)CC3)C(=O)Nc3ccc(-c4nn[nH]n4)cc3)c2)c1. The number of ketones is 1. The molecular weight excluding hydrogens is 685 g/mol. The van der Waals surface area contributed by atoms with Crippen molar-refractivity contribution in [3.05, 3.63) is 83.9 Å². The molecule has 286 valence electrons. The Morgan fingerprint density at radius 2 is 1.59 bits per heavy atom. The second kappa shape index (κ2) is 18.6. The van der Waals surface area contributed by atoms with E-state index in [0.29, 0.717) is 49.4 Å². The largest absolute Gasteiger partial charge is 0.444 e. The van der Waals surface area contributed by atoms with E-state index in [1.54, 1.807) is 30.3 Å². The fourth-order valence-electron chi connectivity index (χ4n) is 6.63. The first-order valence-electron chi connectivity index (χ1n) is 18.6. The topological polar surface area (TPSA) is 171 Å². The highest BCUT2D eigenvalue weighted by atomic mass is 16.6. The van der Waals surface area contributed by atoms with E-state index >= 15 is 0 Å². The van der Waals surface area contributed by atoms with Crippen LogP contribution in [0.25, 0.3) is 22.5 Å². The predicted molar refractivity (Wildman–Crippen MR) is 208 cm³/mol. The molecule has 5 rings (SSSR count). The molecule has 13 heteroatoms. The number of hydrogen-bond acceptors (Lipinski definition) is 9. The molecule has 13 nitrogen and oxygen atoms in total. The number of tetrazole rings is 1. The lowest BCUT2D eigenvalue weighted by molar-refractivity contribution is -0.129. The Morgan fingerprint density at radius 3 is 2.26 bits per heavy atom. The van der Waals surface area contributed by atoms with Gasteiger partial charge in [0.25, 0.3) is 5.91 Å². The number of aromatic nitrogens is 4. The van der Waals surface area contributed by atoms with E-state index in [4.69, 9.17) is 4.74 Å². The Labute approximate surface area is 317 Å². The van der Waals surface area contributed by atoms with E-state index in [9.17, 15) is 19.2 Å². The number of Topliss-reactive ketones (excluding diaryl/α,β-unsaturated/α-hetero) is 1. The minimum absolute atomic E-state index is 0.0743. The van der Waals surface area contributed by atoms with Crippen molar-refractivity contribution in [1.82, 2.24) is 36.2 Å². The quantitative estimate of drug-likeness (QED) is 0.116. The van der Waals surface area contributed by atoms with Crippen LogP contribution in [0.2, 0.25) is 0 Å². The Kier molecular flexibility index (Phi) is 13.7. The highest BCUT2D eigenvalue weighted by Gasteiger charge is 2.31. The van der Waals surface area contributed by atoms with E-state index in [1.165, 1.54) is 0 Å². The summed E-state index contributed by atoms with van der Waals surface area (Å²) in [7, 11) is 3.92. The average molecular weight is 737 g/mol. The maximum Gasteiger partial charge on any atom is 0.407 e. The summed E-state index contributed by atoms with van der Waals surface area (Å²) in [5.41, 5.74) is 4.05. The van der Waals surface area contributed by atoms with Crippen LogP contribution in [0, 0.1) is 17.8 Å². The molecule has 1 aromatic heterocycles. The smallest absolute Gasteiger partial charge is 0.407 e. The van der Waals surface area contributed by atoms with Gasteiger partial charge in [0.05, 0.1) is 0 Å². The van der Waals surface area contributed by atoms with Gasteiger partial charge < -0.3 is 25.6 Å². The number of anilines is 1. The summed E-state index contributed by atoms with van der Waals surface area (Å²) in [5, 5.41) is 22.9. The van der Waals surface area contributed by atoms with Crippen molar-refractivity contribution in [3.63, 3.8) is 0 Å². The van der Waals surface area contributed by atoms with Gasteiger partial charge in [-0.15, -0.1) is 10.2 Å². The van der Waals surface area contributed by atoms with Crippen LogP contribution in [0.15, 0.2) is 72.8 Å². The van der Waals surface area contributed by atoms with E-state index < -0.39 is 17.6 Å². The molecule has 1 fully saturated rings. The molecule has 54 heavy (non-hydrogen) atoms. The van der Waals surface area contributed by atoms with Gasteiger partial charge in [0.2, 0.25) is 11.7 Å². The van der Waals surface area contributed by atoms with Crippen LogP contribution >= 0.6 is 0 Å². The van der Waals surface area contributed by atoms with Crippen molar-refractivity contribution >= 4 is 29.4 Å². The summed E-state index contributed by atoms with van der Waals surface area (Å²) in [6.07, 6.45) is 3.06. The number of carbonyl (C=O) groups excluding carboxylic acids is 4. The zero-order valence-electron chi connectivity index (χ0n) is 31.9. The predicted octanol–water partition coefficient (Wildman–Crippen LogP) is 5.91. The van der Waals surface area contributed by atoms with Gasteiger partial charge in [0.15, 0.2) is 0 Å². The van der Waals surface area contributed by atoms with E-state index in [2.05, 4.69) is 36.6 Å². The molecule has 1 aliphatic carbocycles. The van der Waals surface area contributed by atoms with Gasteiger partial charge in [-0.2, -0.15) is 5.21 Å². The normalized spacial score (nSPS) is 16.3. The number of ether oxygens (including phenoxy) is 1. The number of H-pyrrole nitrogens is 1. The van der Waals surface area contributed by atoms with Crippen molar-refractivity contribution in [3.8, 4) is 22.5 Å². The monoisotopic (exact) mass is 736 g/mol. The van der Waals surface area contributed by atoms with Crippen LogP contribution in [0.3, 0.4) is 0 Å². The Bertz CT molecular complexity index is 1860. The van der Waals surface area contributed by atoms with Crippen LogP contribution < -0.4 is 16.0 Å². The lowest BCUT2D eigenvalue weighted by atomic mass is 9.77. The first kappa shape index (κ1) is 39.8. The van der Waals surface area contributed by atoms with Crippen molar-refractivity contribution in [2.45, 2.75) is 64.9 Å². The molecule has 3 amide bonds. The molecule has 0 bridgehead atoms. The third kappa shape index (κ3) is 12.1. The molecule has 0 unspecified atom stereocenters. The molecule has 0 radical (unpaired) electrons. The minimum Gasteiger partial charge on any atom is -0.444 e. The number of carbonyl (C=O) groups is 4. The molecule has 1 saturated carbocycles. The van der Waals surface area contributed by atoms with Gasteiger partial charge in [0.1, 0.15) is 11.4 Å². The number of alkyl carbamates (subject to hydrolysis) is 1. The number of benzene rings is 3. The summed E-state index contributed by atoms with van der Waals surface area (Å²) in [4.78, 5) is 54.8. The van der Waals surface area contributed by atoms with Crippen LogP contribution in [0.4, 0.5) is 10.5 Å². The van der Waals surface area contributed by atoms with Crippen molar-refractivity contribution < 1.29 is 23.9 Å². The number of nitrogens with zero attached hydrogens (tertiary/aromatic N) is 4. The fraction of sp³-hybridized carbons (Fsp3) is 0.439. The molecule has 3 aromatic carbocycles.